The number of urea groups is 1. The first-order valence-corrected chi connectivity index (χ1v) is 9.71. The Morgan fingerprint density at radius 3 is 2.63 bits per heavy atom. The molecule has 1 aliphatic carbocycles. The highest BCUT2D eigenvalue weighted by molar-refractivity contribution is 6.31. The lowest BCUT2D eigenvalue weighted by Crippen LogP contribution is -2.38. The fraction of sp³-hybridized carbons (Fsp3) is 0.381. The zero-order valence-electron chi connectivity index (χ0n) is 15.0. The average molecular weight is 387 g/mol. The number of benzene rings is 2. The van der Waals surface area contributed by atoms with E-state index in [1.54, 1.807) is 0 Å². The maximum absolute atomic E-state index is 12.4. The van der Waals surface area contributed by atoms with Gasteiger partial charge in [-0.15, -0.1) is 0 Å². The first-order valence-electron chi connectivity index (χ1n) is 9.33. The predicted molar refractivity (Wildman–Crippen MR) is 105 cm³/mol. The molecule has 1 heterocycles. The number of rotatable bonds is 6. The van der Waals surface area contributed by atoms with E-state index in [2.05, 4.69) is 10.6 Å². The molecule has 0 unspecified atom stereocenters. The zero-order chi connectivity index (χ0) is 18.7. The highest BCUT2D eigenvalue weighted by atomic mass is 35.5. The maximum Gasteiger partial charge on any atom is 0.319 e. The van der Waals surface area contributed by atoms with Crippen LogP contribution < -0.4 is 15.4 Å². The van der Waals surface area contributed by atoms with E-state index in [9.17, 15) is 4.79 Å². The summed E-state index contributed by atoms with van der Waals surface area (Å²) in [6.07, 6.45) is 4.11. The number of hydrogen-bond donors (Lipinski definition) is 2. The van der Waals surface area contributed by atoms with E-state index in [1.807, 2.05) is 48.5 Å². The van der Waals surface area contributed by atoms with Crippen LogP contribution in [0.2, 0.25) is 5.02 Å². The molecule has 0 bridgehead atoms. The van der Waals surface area contributed by atoms with E-state index in [0.29, 0.717) is 17.3 Å². The van der Waals surface area contributed by atoms with Crippen molar-refractivity contribution in [2.45, 2.75) is 37.3 Å². The molecule has 2 amide bonds. The van der Waals surface area contributed by atoms with Crippen molar-refractivity contribution >= 4 is 23.3 Å². The minimum atomic E-state index is -0.354. The van der Waals surface area contributed by atoms with Gasteiger partial charge in [-0.1, -0.05) is 29.8 Å². The quantitative estimate of drug-likeness (QED) is 0.755. The summed E-state index contributed by atoms with van der Waals surface area (Å²) < 4.78 is 11.3. The Kier molecular flexibility index (Phi) is 5.23. The van der Waals surface area contributed by atoms with Gasteiger partial charge in [0.2, 0.25) is 0 Å². The van der Waals surface area contributed by atoms with Crippen LogP contribution in [0.25, 0.3) is 0 Å². The summed E-state index contributed by atoms with van der Waals surface area (Å²) in [6.45, 7) is 1.38. The van der Waals surface area contributed by atoms with Crippen molar-refractivity contribution in [3.63, 3.8) is 0 Å². The maximum atomic E-state index is 12.4. The van der Waals surface area contributed by atoms with Crippen LogP contribution in [0.1, 0.15) is 31.2 Å². The fourth-order valence-electron chi connectivity index (χ4n) is 3.42. The summed E-state index contributed by atoms with van der Waals surface area (Å²) in [5, 5.41) is 6.63. The molecule has 2 aliphatic rings. The van der Waals surface area contributed by atoms with Gasteiger partial charge < -0.3 is 20.1 Å². The predicted octanol–water partition coefficient (Wildman–Crippen LogP) is 4.71. The third-order valence-corrected chi connectivity index (χ3v) is 5.39. The molecular weight excluding hydrogens is 364 g/mol. The second-order valence-corrected chi connectivity index (χ2v) is 7.52. The van der Waals surface area contributed by atoms with Crippen LogP contribution in [0.5, 0.6) is 5.75 Å². The molecule has 0 radical (unpaired) electrons. The van der Waals surface area contributed by atoms with Gasteiger partial charge in [0.15, 0.2) is 0 Å². The lowest BCUT2D eigenvalue weighted by atomic mass is 10.1. The van der Waals surface area contributed by atoms with Gasteiger partial charge in [0.25, 0.3) is 0 Å². The van der Waals surface area contributed by atoms with Crippen LogP contribution in [0, 0.1) is 0 Å². The lowest BCUT2D eigenvalue weighted by molar-refractivity contribution is 0.0679. The molecule has 5 nitrogen and oxygen atoms in total. The highest BCUT2D eigenvalue weighted by Crippen LogP contribution is 2.47. The van der Waals surface area contributed by atoms with Gasteiger partial charge in [0.05, 0.1) is 11.6 Å². The molecule has 0 spiro atoms. The van der Waals surface area contributed by atoms with E-state index in [0.717, 1.165) is 43.6 Å². The second-order valence-electron chi connectivity index (χ2n) is 7.11. The molecule has 27 heavy (non-hydrogen) atoms. The van der Waals surface area contributed by atoms with Crippen LogP contribution in [-0.4, -0.2) is 25.3 Å². The number of carbonyl (C=O) groups excluding carboxylic acids is 1. The molecule has 6 heteroatoms. The fourth-order valence-corrected chi connectivity index (χ4v) is 3.73. The second kappa shape index (κ2) is 7.79. The molecule has 2 N–H and O–H groups in total. The number of amides is 2. The zero-order valence-corrected chi connectivity index (χ0v) is 15.8. The Hall–Kier alpha value is -2.24. The molecule has 1 saturated carbocycles. The molecule has 1 atom stereocenters. The number of hydrogen-bond acceptors (Lipinski definition) is 3. The van der Waals surface area contributed by atoms with Crippen molar-refractivity contribution in [3.05, 3.63) is 59.1 Å². The number of nitrogens with one attached hydrogen (secondary N) is 2. The largest absolute Gasteiger partial charge is 0.491 e. The van der Waals surface area contributed by atoms with Crippen LogP contribution >= 0.6 is 11.6 Å². The molecule has 1 aliphatic heterocycles. The van der Waals surface area contributed by atoms with Gasteiger partial charge in [-0.2, -0.15) is 0 Å². The molecule has 2 fully saturated rings. The van der Waals surface area contributed by atoms with Crippen LogP contribution in [-0.2, 0) is 10.3 Å². The van der Waals surface area contributed by atoms with Gasteiger partial charge in [-0.3, -0.25) is 0 Å². The molecule has 2 aromatic rings. The molecular formula is C21H23ClN2O3. The Morgan fingerprint density at radius 1 is 1.19 bits per heavy atom. The SMILES string of the molecule is O=C(Nc1ccc(OC[C@@H]2CCCO2)cc1)NC1(c2ccccc2Cl)CC1. The third-order valence-electron chi connectivity index (χ3n) is 5.06. The first-order chi connectivity index (χ1) is 13.1. The van der Waals surface area contributed by atoms with Crippen molar-refractivity contribution in [1.82, 2.24) is 5.32 Å². The van der Waals surface area contributed by atoms with Gasteiger partial charge in [-0.05, 0) is 61.6 Å². The normalized spacial score (nSPS) is 20.1. The smallest absolute Gasteiger partial charge is 0.319 e. The topological polar surface area (TPSA) is 59.6 Å². The summed E-state index contributed by atoms with van der Waals surface area (Å²) in [4.78, 5) is 12.4. The molecule has 1 saturated heterocycles. The van der Waals surface area contributed by atoms with E-state index in [1.165, 1.54) is 0 Å². The third kappa shape index (κ3) is 4.37. The van der Waals surface area contributed by atoms with Gasteiger partial charge >= 0.3 is 6.03 Å². The number of halogens is 1. The Balaban J connectivity index is 1.31. The Labute approximate surface area is 164 Å². The molecule has 2 aromatic carbocycles. The average Bonchev–Trinajstić information content (AvgIpc) is 3.24. The molecule has 4 rings (SSSR count). The van der Waals surface area contributed by atoms with Crippen LogP contribution in [0.4, 0.5) is 10.5 Å². The van der Waals surface area contributed by atoms with Gasteiger partial charge in [-0.25, -0.2) is 4.79 Å². The Bertz CT molecular complexity index is 799. The van der Waals surface area contributed by atoms with E-state index in [-0.39, 0.29) is 17.7 Å². The molecule has 142 valence electrons. The van der Waals surface area contributed by atoms with Gasteiger partial charge in [0, 0.05) is 17.3 Å². The molecule has 0 aromatic heterocycles. The summed E-state index contributed by atoms with van der Waals surface area (Å²) in [5.41, 5.74) is 1.33. The first kappa shape index (κ1) is 18.1. The standard InChI is InChI=1S/C21H23ClN2O3/c22-19-6-2-1-5-18(19)21(11-12-21)24-20(25)23-15-7-9-16(10-8-15)27-14-17-4-3-13-26-17/h1-2,5-10,17H,3-4,11-14H2,(H2,23,24,25)/t17-/m0/s1. The van der Waals surface area contributed by atoms with Crippen LogP contribution in [0.15, 0.2) is 48.5 Å². The van der Waals surface area contributed by atoms with Crippen molar-refractivity contribution in [3.8, 4) is 5.75 Å². The highest BCUT2D eigenvalue weighted by Gasteiger charge is 2.46. The summed E-state index contributed by atoms with van der Waals surface area (Å²) in [7, 11) is 0. The van der Waals surface area contributed by atoms with Gasteiger partial charge in [0.1, 0.15) is 12.4 Å². The van der Waals surface area contributed by atoms with Crippen molar-refractivity contribution in [1.29, 1.82) is 0 Å². The Morgan fingerprint density at radius 2 is 1.96 bits per heavy atom. The summed E-state index contributed by atoms with van der Waals surface area (Å²) in [6, 6.07) is 14.8. The monoisotopic (exact) mass is 386 g/mol. The number of ether oxygens (including phenoxy) is 2. The number of anilines is 1. The van der Waals surface area contributed by atoms with Crippen molar-refractivity contribution in [2.24, 2.45) is 0 Å². The van der Waals surface area contributed by atoms with Crippen molar-refractivity contribution < 1.29 is 14.3 Å². The van der Waals surface area contributed by atoms with Crippen LogP contribution in [0.3, 0.4) is 0 Å². The van der Waals surface area contributed by atoms with E-state index in [4.69, 9.17) is 21.1 Å². The minimum Gasteiger partial charge on any atom is -0.491 e. The number of carbonyl (C=O) groups is 1. The summed E-state index contributed by atoms with van der Waals surface area (Å²) in [5.74, 6) is 0.770. The van der Waals surface area contributed by atoms with E-state index < -0.39 is 0 Å². The minimum absolute atomic E-state index is 0.188. The van der Waals surface area contributed by atoms with E-state index >= 15 is 0 Å². The summed E-state index contributed by atoms with van der Waals surface area (Å²) >= 11 is 6.29. The van der Waals surface area contributed by atoms with Crippen molar-refractivity contribution in [2.75, 3.05) is 18.5 Å². The lowest BCUT2D eigenvalue weighted by Gasteiger charge is -2.19.